The van der Waals surface area contributed by atoms with Crippen LogP contribution in [0, 0.1) is 5.41 Å². The summed E-state index contributed by atoms with van der Waals surface area (Å²) in [5.74, 6) is 0. The van der Waals surface area contributed by atoms with Crippen LogP contribution in [0.5, 0.6) is 0 Å². The molecule has 0 aliphatic carbocycles. The predicted octanol–water partition coefficient (Wildman–Crippen LogP) is 1.71. The van der Waals surface area contributed by atoms with Gasteiger partial charge in [0.25, 0.3) is 0 Å². The van der Waals surface area contributed by atoms with Crippen molar-refractivity contribution in [3.05, 3.63) is 0 Å². The second-order valence-corrected chi connectivity index (χ2v) is 2.91. The van der Waals surface area contributed by atoms with Gasteiger partial charge in [-0.15, -0.1) is 0 Å². The van der Waals surface area contributed by atoms with Gasteiger partial charge in [0.15, 0.2) is 0 Å². The molecule has 0 aromatic carbocycles. The first-order valence-electron chi connectivity index (χ1n) is 3.28. The van der Waals surface area contributed by atoms with E-state index in [1.165, 1.54) is 6.34 Å². The van der Waals surface area contributed by atoms with Crippen LogP contribution in [0.1, 0.15) is 27.2 Å². The van der Waals surface area contributed by atoms with E-state index in [1.807, 2.05) is 11.9 Å². The molecule has 2 nitrogen and oxygen atoms in total. The fraction of sp³-hybridized carbons (Fsp3) is 0.857. The molecule has 0 aliphatic heterocycles. The van der Waals surface area contributed by atoms with Crippen LogP contribution in [0.3, 0.4) is 0 Å². The molecule has 0 radical (unpaired) electrons. The topological polar surface area (TPSA) is 27.1 Å². The molecule has 0 aromatic heterocycles. The maximum atomic E-state index is 6.97. The molecule has 0 fully saturated rings. The Morgan fingerprint density at radius 3 is 2.11 bits per heavy atom. The molecule has 0 bridgehead atoms. The SMILES string of the molecule is CCC(C)(C)N(C)C=N. The zero-order chi connectivity index (χ0) is 7.49. The summed E-state index contributed by atoms with van der Waals surface area (Å²) in [5.41, 5.74) is 0.141. The Labute approximate surface area is 57.4 Å². The Balaban J connectivity index is 3.95. The van der Waals surface area contributed by atoms with Gasteiger partial charge in [0.2, 0.25) is 0 Å². The first-order valence-corrected chi connectivity index (χ1v) is 3.28. The van der Waals surface area contributed by atoms with Gasteiger partial charge in [0.05, 0.1) is 6.34 Å². The Kier molecular flexibility index (Phi) is 2.68. The number of nitrogens with zero attached hydrogens (tertiary/aromatic N) is 1. The zero-order valence-electron chi connectivity index (χ0n) is 6.73. The number of nitrogens with one attached hydrogen (secondary N) is 1. The fourth-order valence-corrected chi connectivity index (χ4v) is 0.424. The molecule has 0 heterocycles. The van der Waals surface area contributed by atoms with Crippen molar-refractivity contribution >= 4 is 6.34 Å². The summed E-state index contributed by atoms with van der Waals surface area (Å²) in [6.07, 6.45) is 2.43. The molecule has 0 aliphatic rings. The second-order valence-electron chi connectivity index (χ2n) is 2.91. The predicted molar refractivity (Wildman–Crippen MR) is 40.9 cm³/mol. The summed E-state index contributed by atoms with van der Waals surface area (Å²) < 4.78 is 0. The molecule has 0 spiro atoms. The molecule has 0 atom stereocenters. The van der Waals surface area contributed by atoms with E-state index in [4.69, 9.17) is 5.41 Å². The average molecular weight is 128 g/mol. The number of rotatable bonds is 3. The van der Waals surface area contributed by atoms with Gasteiger partial charge in [-0.3, -0.25) is 5.41 Å². The average Bonchev–Trinajstić information content (AvgIpc) is 1.86. The third-order valence-corrected chi connectivity index (χ3v) is 2.01. The van der Waals surface area contributed by atoms with Crippen molar-refractivity contribution < 1.29 is 0 Å². The molecule has 0 saturated carbocycles. The van der Waals surface area contributed by atoms with Gasteiger partial charge in [-0.1, -0.05) is 6.92 Å². The highest BCUT2D eigenvalue weighted by molar-refractivity contribution is 5.51. The van der Waals surface area contributed by atoms with Crippen LogP contribution in [0.2, 0.25) is 0 Å². The minimum absolute atomic E-state index is 0.141. The van der Waals surface area contributed by atoms with Crippen LogP contribution in [-0.4, -0.2) is 23.8 Å². The van der Waals surface area contributed by atoms with Crippen LogP contribution < -0.4 is 0 Å². The maximum Gasteiger partial charge on any atom is 0.0819 e. The lowest BCUT2D eigenvalue weighted by Crippen LogP contribution is -2.38. The first-order chi connectivity index (χ1) is 4.04. The van der Waals surface area contributed by atoms with E-state index in [9.17, 15) is 0 Å². The Morgan fingerprint density at radius 1 is 1.56 bits per heavy atom. The lowest BCUT2D eigenvalue weighted by atomic mass is 10.0. The Bertz CT molecular complexity index is 97.1. The Hall–Kier alpha value is -0.530. The van der Waals surface area contributed by atoms with Crippen molar-refractivity contribution in [1.82, 2.24) is 4.90 Å². The standard InChI is InChI=1S/C7H16N2/c1-5-7(2,3)9(4)6-8/h6,8H,5H2,1-4H3. The zero-order valence-corrected chi connectivity index (χ0v) is 6.73. The van der Waals surface area contributed by atoms with Crippen LogP contribution in [0.4, 0.5) is 0 Å². The summed E-state index contributed by atoms with van der Waals surface area (Å²) in [4.78, 5) is 1.91. The summed E-state index contributed by atoms with van der Waals surface area (Å²) in [7, 11) is 1.93. The van der Waals surface area contributed by atoms with Crippen LogP contribution in [0.25, 0.3) is 0 Å². The van der Waals surface area contributed by atoms with E-state index < -0.39 is 0 Å². The highest BCUT2D eigenvalue weighted by atomic mass is 15.2. The van der Waals surface area contributed by atoms with Crippen molar-refractivity contribution in [2.75, 3.05) is 7.05 Å². The van der Waals surface area contributed by atoms with Crippen LogP contribution in [-0.2, 0) is 0 Å². The van der Waals surface area contributed by atoms with Crippen LogP contribution >= 0.6 is 0 Å². The molecule has 0 amide bonds. The van der Waals surface area contributed by atoms with E-state index in [0.717, 1.165) is 6.42 Å². The van der Waals surface area contributed by atoms with Gasteiger partial charge in [-0.2, -0.15) is 0 Å². The highest BCUT2D eigenvalue weighted by Gasteiger charge is 2.17. The van der Waals surface area contributed by atoms with E-state index >= 15 is 0 Å². The number of hydrogen-bond acceptors (Lipinski definition) is 1. The molecule has 2 heteroatoms. The first kappa shape index (κ1) is 8.47. The minimum Gasteiger partial charge on any atom is -0.361 e. The normalized spacial score (nSPS) is 11.1. The smallest absolute Gasteiger partial charge is 0.0819 e. The van der Waals surface area contributed by atoms with Crippen molar-refractivity contribution in [3.63, 3.8) is 0 Å². The summed E-state index contributed by atoms with van der Waals surface area (Å²) in [6.45, 7) is 6.37. The summed E-state index contributed by atoms with van der Waals surface area (Å²) in [6, 6.07) is 0. The van der Waals surface area contributed by atoms with Crippen molar-refractivity contribution in [2.45, 2.75) is 32.7 Å². The molecular weight excluding hydrogens is 112 g/mol. The lowest BCUT2D eigenvalue weighted by molar-refractivity contribution is 0.252. The number of hydrogen-bond donors (Lipinski definition) is 1. The minimum atomic E-state index is 0.141. The van der Waals surface area contributed by atoms with E-state index in [0.29, 0.717) is 0 Å². The molecule has 0 unspecified atom stereocenters. The van der Waals surface area contributed by atoms with Gasteiger partial charge in [-0.05, 0) is 20.3 Å². The third-order valence-electron chi connectivity index (χ3n) is 2.01. The van der Waals surface area contributed by atoms with Gasteiger partial charge in [0.1, 0.15) is 0 Å². The fourth-order valence-electron chi connectivity index (χ4n) is 0.424. The van der Waals surface area contributed by atoms with Gasteiger partial charge >= 0.3 is 0 Å². The van der Waals surface area contributed by atoms with E-state index in [1.54, 1.807) is 0 Å². The molecule has 54 valence electrons. The third kappa shape index (κ3) is 2.04. The molecule has 0 aromatic rings. The van der Waals surface area contributed by atoms with Gasteiger partial charge < -0.3 is 4.90 Å². The largest absolute Gasteiger partial charge is 0.361 e. The molecule has 0 saturated heterocycles. The van der Waals surface area contributed by atoms with Crippen molar-refractivity contribution in [2.24, 2.45) is 0 Å². The molecule has 9 heavy (non-hydrogen) atoms. The molecule has 0 rings (SSSR count). The van der Waals surface area contributed by atoms with Crippen molar-refractivity contribution in [1.29, 1.82) is 5.41 Å². The quantitative estimate of drug-likeness (QED) is 0.454. The molecule has 1 N–H and O–H groups in total. The van der Waals surface area contributed by atoms with Gasteiger partial charge in [-0.25, -0.2) is 0 Å². The molecular formula is C7H16N2. The highest BCUT2D eigenvalue weighted by Crippen LogP contribution is 2.13. The van der Waals surface area contributed by atoms with Gasteiger partial charge in [0, 0.05) is 12.6 Å². The second kappa shape index (κ2) is 2.85. The van der Waals surface area contributed by atoms with E-state index in [2.05, 4.69) is 20.8 Å². The van der Waals surface area contributed by atoms with Crippen LogP contribution in [0.15, 0.2) is 0 Å². The lowest BCUT2D eigenvalue weighted by Gasteiger charge is -2.32. The van der Waals surface area contributed by atoms with E-state index in [-0.39, 0.29) is 5.54 Å². The summed E-state index contributed by atoms with van der Waals surface area (Å²) in [5, 5.41) is 6.97. The Morgan fingerprint density at radius 2 is 2.00 bits per heavy atom. The van der Waals surface area contributed by atoms with Crippen molar-refractivity contribution in [3.8, 4) is 0 Å². The maximum absolute atomic E-state index is 6.97. The summed E-state index contributed by atoms with van der Waals surface area (Å²) >= 11 is 0. The monoisotopic (exact) mass is 128 g/mol.